The fourth-order valence-electron chi connectivity index (χ4n) is 3.35. The van der Waals surface area contributed by atoms with Gasteiger partial charge in [0, 0.05) is 25.2 Å². The molecule has 3 rings (SSSR count). The molecule has 0 radical (unpaired) electrons. The molecule has 1 aliphatic heterocycles. The van der Waals surface area contributed by atoms with Crippen LogP contribution in [0.25, 0.3) is 0 Å². The van der Waals surface area contributed by atoms with Crippen molar-refractivity contribution >= 4 is 15.9 Å². The third kappa shape index (κ3) is 5.63. The molecule has 1 saturated heterocycles. The maximum atomic E-state index is 12.9. The van der Waals surface area contributed by atoms with E-state index in [9.17, 15) is 26.4 Å². The molecule has 2 aromatic rings. The van der Waals surface area contributed by atoms with E-state index in [1.54, 1.807) is 0 Å². The maximum Gasteiger partial charge on any atom is 0.416 e. The van der Waals surface area contributed by atoms with Crippen LogP contribution in [0.15, 0.2) is 53.4 Å². The zero-order chi connectivity index (χ0) is 22.8. The van der Waals surface area contributed by atoms with E-state index in [0.29, 0.717) is 5.56 Å². The molecule has 168 valence electrons. The lowest BCUT2D eigenvalue weighted by atomic mass is 10.1. The summed E-state index contributed by atoms with van der Waals surface area (Å²) in [6.45, 7) is 4.16. The van der Waals surface area contributed by atoms with E-state index >= 15 is 0 Å². The van der Waals surface area contributed by atoms with E-state index in [-0.39, 0.29) is 42.3 Å². The van der Waals surface area contributed by atoms with Crippen molar-refractivity contribution in [2.75, 3.05) is 13.1 Å². The Labute approximate surface area is 179 Å². The van der Waals surface area contributed by atoms with E-state index in [1.807, 2.05) is 13.8 Å². The second kappa shape index (κ2) is 8.97. The zero-order valence-electron chi connectivity index (χ0n) is 17.0. The molecule has 2 unspecified atom stereocenters. The van der Waals surface area contributed by atoms with Crippen molar-refractivity contribution in [3.63, 3.8) is 0 Å². The van der Waals surface area contributed by atoms with E-state index in [1.165, 1.54) is 40.7 Å². The van der Waals surface area contributed by atoms with Gasteiger partial charge in [-0.2, -0.15) is 17.5 Å². The number of rotatable bonds is 5. The van der Waals surface area contributed by atoms with Crippen molar-refractivity contribution < 1.29 is 31.1 Å². The second-order valence-electron chi connectivity index (χ2n) is 7.48. The van der Waals surface area contributed by atoms with Crippen LogP contribution in [0.4, 0.5) is 13.2 Å². The molecule has 0 saturated carbocycles. The Morgan fingerprint density at radius 3 is 2.10 bits per heavy atom. The number of hydrogen-bond acceptors (Lipinski definition) is 4. The van der Waals surface area contributed by atoms with Crippen molar-refractivity contribution in [2.45, 2.75) is 43.7 Å². The van der Waals surface area contributed by atoms with Crippen LogP contribution < -0.4 is 5.32 Å². The number of benzene rings is 2. The van der Waals surface area contributed by atoms with Crippen LogP contribution >= 0.6 is 0 Å². The first-order valence-electron chi connectivity index (χ1n) is 9.67. The fraction of sp³-hybridized carbons (Fsp3) is 0.381. The SMILES string of the molecule is CC1CN(S(=O)(=O)c2ccc(C(=O)NCc3ccc(C(F)(F)F)cc3)cc2)CC(C)O1. The molecule has 1 N–H and O–H groups in total. The van der Waals surface area contributed by atoms with Crippen molar-refractivity contribution in [1.29, 1.82) is 0 Å². The Morgan fingerprint density at radius 2 is 1.58 bits per heavy atom. The highest BCUT2D eigenvalue weighted by atomic mass is 32.2. The van der Waals surface area contributed by atoms with Crippen LogP contribution in [0.2, 0.25) is 0 Å². The largest absolute Gasteiger partial charge is 0.416 e. The third-order valence-corrected chi connectivity index (χ3v) is 6.72. The first-order chi connectivity index (χ1) is 14.5. The number of hydrogen-bond donors (Lipinski definition) is 1. The fourth-order valence-corrected chi connectivity index (χ4v) is 4.94. The normalized spacial score (nSPS) is 20.4. The molecular formula is C21H23F3N2O4S. The summed E-state index contributed by atoms with van der Waals surface area (Å²) in [5, 5.41) is 2.61. The summed E-state index contributed by atoms with van der Waals surface area (Å²) in [7, 11) is -3.71. The number of carbonyl (C=O) groups is 1. The minimum absolute atomic E-state index is 0.0422. The minimum Gasteiger partial charge on any atom is -0.373 e. The van der Waals surface area contributed by atoms with Gasteiger partial charge in [-0.3, -0.25) is 4.79 Å². The molecule has 0 aliphatic carbocycles. The molecule has 6 nitrogen and oxygen atoms in total. The highest BCUT2D eigenvalue weighted by Crippen LogP contribution is 2.29. The van der Waals surface area contributed by atoms with Crippen LogP contribution in [-0.4, -0.2) is 43.9 Å². The predicted octanol–water partition coefficient (Wildman–Crippen LogP) is 3.43. The van der Waals surface area contributed by atoms with Gasteiger partial charge in [-0.25, -0.2) is 8.42 Å². The van der Waals surface area contributed by atoms with Crippen LogP contribution in [0, 0.1) is 0 Å². The lowest BCUT2D eigenvalue weighted by molar-refractivity contribution is -0.137. The molecule has 2 atom stereocenters. The van der Waals surface area contributed by atoms with Crippen molar-refractivity contribution in [1.82, 2.24) is 9.62 Å². The van der Waals surface area contributed by atoms with E-state index in [4.69, 9.17) is 4.74 Å². The molecule has 2 aromatic carbocycles. The molecule has 0 bridgehead atoms. The summed E-state index contributed by atoms with van der Waals surface area (Å²) in [5.74, 6) is -0.461. The number of nitrogens with one attached hydrogen (secondary N) is 1. The summed E-state index contributed by atoms with van der Waals surface area (Å²) in [4.78, 5) is 12.4. The molecule has 0 aromatic heterocycles. The van der Waals surface area contributed by atoms with Crippen LogP contribution in [0.1, 0.15) is 35.3 Å². The number of halogens is 3. The van der Waals surface area contributed by atoms with Gasteiger partial charge in [-0.05, 0) is 55.8 Å². The second-order valence-corrected chi connectivity index (χ2v) is 9.42. The number of nitrogens with zero attached hydrogens (tertiary/aromatic N) is 1. The zero-order valence-corrected chi connectivity index (χ0v) is 17.8. The average Bonchev–Trinajstić information content (AvgIpc) is 2.71. The van der Waals surface area contributed by atoms with Gasteiger partial charge in [0.1, 0.15) is 0 Å². The molecule has 1 aliphatic rings. The third-order valence-electron chi connectivity index (χ3n) is 4.87. The van der Waals surface area contributed by atoms with Gasteiger partial charge < -0.3 is 10.1 Å². The summed E-state index contributed by atoms with van der Waals surface area (Å²) in [5.41, 5.74) is -0.00545. The predicted molar refractivity (Wildman–Crippen MR) is 108 cm³/mol. The summed E-state index contributed by atoms with van der Waals surface area (Å²) >= 11 is 0. The lowest BCUT2D eigenvalue weighted by Crippen LogP contribution is -2.48. The average molecular weight is 456 g/mol. The van der Waals surface area contributed by atoms with E-state index in [0.717, 1.165) is 12.1 Å². The van der Waals surface area contributed by atoms with Gasteiger partial charge in [0.05, 0.1) is 22.7 Å². The Bertz CT molecular complexity index is 1010. The van der Waals surface area contributed by atoms with Crippen molar-refractivity contribution in [2.24, 2.45) is 0 Å². The number of sulfonamides is 1. The Morgan fingerprint density at radius 1 is 1.03 bits per heavy atom. The topological polar surface area (TPSA) is 75.7 Å². The van der Waals surface area contributed by atoms with Gasteiger partial charge in [-0.15, -0.1) is 0 Å². The number of carbonyl (C=O) groups excluding carboxylic acids is 1. The minimum atomic E-state index is -4.42. The van der Waals surface area contributed by atoms with Gasteiger partial charge in [0.2, 0.25) is 10.0 Å². The summed E-state index contributed by atoms with van der Waals surface area (Å²) < 4.78 is 70.5. The van der Waals surface area contributed by atoms with Gasteiger partial charge in [0.25, 0.3) is 5.91 Å². The smallest absolute Gasteiger partial charge is 0.373 e. The molecule has 0 spiro atoms. The molecule has 10 heteroatoms. The van der Waals surface area contributed by atoms with Crippen LogP contribution in [0.3, 0.4) is 0 Å². The van der Waals surface area contributed by atoms with Crippen LogP contribution in [0.5, 0.6) is 0 Å². The monoisotopic (exact) mass is 456 g/mol. The number of alkyl halides is 3. The molecule has 31 heavy (non-hydrogen) atoms. The van der Waals surface area contributed by atoms with Crippen molar-refractivity contribution in [3.05, 3.63) is 65.2 Å². The highest BCUT2D eigenvalue weighted by Gasteiger charge is 2.32. The van der Waals surface area contributed by atoms with Gasteiger partial charge >= 0.3 is 6.18 Å². The molecular weight excluding hydrogens is 433 g/mol. The van der Waals surface area contributed by atoms with E-state index in [2.05, 4.69) is 5.32 Å². The Kier molecular flexibility index (Phi) is 6.73. The lowest BCUT2D eigenvalue weighted by Gasteiger charge is -2.34. The molecule has 1 amide bonds. The number of amides is 1. The van der Waals surface area contributed by atoms with E-state index < -0.39 is 27.7 Å². The van der Waals surface area contributed by atoms with Gasteiger partial charge in [0.15, 0.2) is 0 Å². The standard InChI is InChI=1S/C21H23F3N2O4S/c1-14-12-26(13-15(2)30-14)31(28,29)19-9-5-17(6-10-19)20(27)25-11-16-3-7-18(8-4-16)21(22,23)24/h3-10,14-15H,11-13H2,1-2H3,(H,25,27). The summed E-state index contributed by atoms with van der Waals surface area (Å²) in [6, 6.07) is 10.0. The van der Waals surface area contributed by atoms with Crippen LogP contribution in [-0.2, 0) is 27.5 Å². The quantitative estimate of drug-likeness (QED) is 0.748. The molecule has 1 fully saturated rings. The Balaban J connectivity index is 1.63. The highest BCUT2D eigenvalue weighted by molar-refractivity contribution is 7.89. The number of morpholine rings is 1. The first-order valence-corrected chi connectivity index (χ1v) is 11.1. The Hall–Kier alpha value is -2.43. The number of ether oxygens (including phenoxy) is 1. The molecule has 1 heterocycles. The maximum absolute atomic E-state index is 12.9. The summed E-state index contributed by atoms with van der Waals surface area (Å²) in [6.07, 6.45) is -4.84. The van der Waals surface area contributed by atoms with Gasteiger partial charge in [-0.1, -0.05) is 12.1 Å². The van der Waals surface area contributed by atoms with Crippen molar-refractivity contribution in [3.8, 4) is 0 Å². The first kappa shape index (κ1) is 23.2.